The summed E-state index contributed by atoms with van der Waals surface area (Å²) < 4.78 is 5.01. The first kappa shape index (κ1) is 13.0. The topological polar surface area (TPSA) is 83.8 Å². The van der Waals surface area contributed by atoms with Crippen LogP contribution in [0.4, 0.5) is 0 Å². The molecular formula is C11H18O5. The zero-order chi connectivity index (χ0) is 12.3. The van der Waals surface area contributed by atoms with Gasteiger partial charge in [-0.25, -0.2) is 0 Å². The van der Waals surface area contributed by atoms with Crippen LogP contribution in [0.2, 0.25) is 0 Å². The zero-order valence-electron chi connectivity index (χ0n) is 9.55. The van der Waals surface area contributed by atoms with Crippen LogP contribution in [0.25, 0.3) is 0 Å². The van der Waals surface area contributed by atoms with Gasteiger partial charge in [-0.3, -0.25) is 9.59 Å². The van der Waals surface area contributed by atoms with Crippen LogP contribution in [0.1, 0.15) is 33.1 Å². The number of rotatable bonds is 5. The van der Waals surface area contributed by atoms with E-state index in [1.165, 1.54) is 6.92 Å². The number of hydrogen-bond acceptors (Lipinski definition) is 4. The molecule has 0 aromatic heterocycles. The van der Waals surface area contributed by atoms with Crippen molar-refractivity contribution in [3.8, 4) is 0 Å². The van der Waals surface area contributed by atoms with Crippen LogP contribution in [0.15, 0.2) is 0 Å². The van der Waals surface area contributed by atoms with Crippen LogP contribution in [0.3, 0.4) is 0 Å². The number of aliphatic hydroxyl groups is 1. The lowest BCUT2D eigenvalue weighted by Crippen LogP contribution is -2.34. The highest BCUT2D eigenvalue weighted by atomic mass is 16.6. The Balaban J connectivity index is 2.67. The fourth-order valence-electron chi connectivity index (χ4n) is 1.96. The summed E-state index contributed by atoms with van der Waals surface area (Å²) in [5.74, 6) is -3.52. The number of esters is 1. The number of carboxylic acid groups (broad SMARTS) is 1. The van der Waals surface area contributed by atoms with E-state index in [0.29, 0.717) is 6.42 Å². The summed E-state index contributed by atoms with van der Waals surface area (Å²) in [5.41, 5.74) is 0. The first-order valence-electron chi connectivity index (χ1n) is 5.60. The van der Waals surface area contributed by atoms with Gasteiger partial charge < -0.3 is 14.9 Å². The zero-order valence-corrected chi connectivity index (χ0v) is 9.55. The van der Waals surface area contributed by atoms with Crippen molar-refractivity contribution in [2.75, 3.05) is 0 Å². The molecule has 0 spiro atoms. The first-order chi connectivity index (χ1) is 7.49. The van der Waals surface area contributed by atoms with E-state index in [-0.39, 0.29) is 0 Å². The highest BCUT2D eigenvalue weighted by Crippen LogP contribution is 2.31. The van der Waals surface area contributed by atoms with Crippen LogP contribution >= 0.6 is 0 Å². The van der Waals surface area contributed by atoms with Crippen LogP contribution in [-0.4, -0.2) is 34.4 Å². The third kappa shape index (κ3) is 2.52. The van der Waals surface area contributed by atoms with Crippen LogP contribution in [0, 0.1) is 11.8 Å². The summed E-state index contributed by atoms with van der Waals surface area (Å²) in [6.45, 7) is 3.42. The van der Waals surface area contributed by atoms with Gasteiger partial charge in [0.15, 0.2) is 0 Å². The summed E-state index contributed by atoms with van der Waals surface area (Å²) in [6, 6.07) is 0. The Morgan fingerprint density at radius 2 is 2.19 bits per heavy atom. The van der Waals surface area contributed by atoms with Crippen molar-refractivity contribution in [1.82, 2.24) is 0 Å². The standard InChI is InChI=1S/C11H18O5/c1-3-4-5-7-9(12)8(11(15)16-7)6(2)10(13)14/h6-9,12H,3-5H2,1-2H3,(H,13,14)/t6-,7-,8-,9+/m1/s1. The molecule has 16 heavy (non-hydrogen) atoms. The molecule has 1 rings (SSSR count). The van der Waals surface area contributed by atoms with Crippen molar-refractivity contribution in [3.05, 3.63) is 0 Å². The Hall–Kier alpha value is -1.10. The minimum absolute atomic E-state index is 0.542. The number of unbranched alkanes of at least 4 members (excludes halogenated alkanes) is 1. The Labute approximate surface area is 94.4 Å². The molecule has 0 aromatic rings. The van der Waals surface area contributed by atoms with Gasteiger partial charge in [0, 0.05) is 0 Å². The second-order valence-electron chi connectivity index (χ2n) is 4.26. The molecule has 1 aliphatic heterocycles. The van der Waals surface area contributed by atoms with Gasteiger partial charge in [0.2, 0.25) is 0 Å². The molecule has 1 aliphatic rings. The second-order valence-corrected chi connectivity index (χ2v) is 4.26. The molecule has 0 unspecified atom stereocenters. The van der Waals surface area contributed by atoms with Gasteiger partial charge in [-0.1, -0.05) is 20.3 Å². The predicted molar refractivity (Wildman–Crippen MR) is 55.7 cm³/mol. The average molecular weight is 230 g/mol. The maximum absolute atomic E-state index is 11.5. The molecule has 1 saturated heterocycles. The van der Waals surface area contributed by atoms with Gasteiger partial charge in [0.05, 0.1) is 11.8 Å². The molecule has 1 heterocycles. The highest BCUT2D eigenvalue weighted by molar-refractivity contribution is 5.83. The smallest absolute Gasteiger partial charge is 0.312 e. The van der Waals surface area contributed by atoms with E-state index in [9.17, 15) is 14.7 Å². The molecule has 4 atom stereocenters. The van der Waals surface area contributed by atoms with E-state index < -0.39 is 36.0 Å². The lowest BCUT2D eigenvalue weighted by molar-refractivity contribution is -0.152. The Kier molecular flexibility index (Phi) is 4.29. The quantitative estimate of drug-likeness (QED) is 0.682. The lowest BCUT2D eigenvalue weighted by atomic mass is 9.87. The van der Waals surface area contributed by atoms with Crippen LogP contribution in [-0.2, 0) is 14.3 Å². The van der Waals surface area contributed by atoms with Crippen molar-refractivity contribution in [2.45, 2.75) is 45.3 Å². The molecule has 0 aromatic carbocycles. The predicted octanol–water partition coefficient (Wildman–Crippen LogP) is 0.800. The van der Waals surface area contributed by atoms with E-state index in [1.54, 1.807) is 0 Å². The largest absolute Gasteiger partial charge is 0.481 e. The summed E-state index contributed by atoms with van der Waals surface area (Å²) in [6.07, 6.45) is 0.847. The van der Waals surface area contributed by atoms with E-state index in [2.05, 4.69) is 0 Å². The first-order valence-corrected chi connectivity index (χ1v) is 5.60. The van der Waals surface area contributed by atoms with E-state index in [4.69, 9.17) is 9.84 Å². The summed E-state index contributed by atoms with van der Waals surface area (Å²) in [5, 5.41) is 18.7. The number of carboxylic acids is 1. The minimum Gasteiger partial charge on any atom is -0.481 e. The van der Waals surface area contributed by atoms with E-state index in [0.717, 1.165) is 12.8 Å². The molecule has 1 fully saturated rings. The SMILES string of the molecule is CCCC[C@H]1OC(=O)[C@H]([C@@H](C)C(=O)O)[C@H]1O. The van der Waals surface area contributed by atoms with Crippen molar-refractivity contribution in [3.63, 3.8) is 0 Å². The molecule has 0 amide bonds. The van der Waals surface area contributed by atoms with Gasteiger partial charge in [-0.15, -0.1) is 0 Å². The number of hydrogen-bond donors (Lipinski definition) is 2. The molecule has 5 heteroatoms. The molecule has 0 radical (unpaired) electrons. The summed E-state index contributed by atoms with van der Waals surface area (Å²) in [4.78, 5) is 22.2. The monoisotopic (exact) mass is 230 g/mol. The summed E-state index contributed by atoms with van der Waals surface area (Å²) in [7, 11) is 0. The van der Waals surface area contributed by atoms with E-state index in [1.807, 2.05) is 6.92 Å². The maximum atomic E-state index is 11.5. The minimum atomic E-state index is -1.09. The van der Waals surface area contributed by atoms with Gasteiger partial charge in [0.1, 0.15) is 12.2 Å². The fraction of sp³-hybridized carbons (Fsp3) is 0.818. The molecule has 0 saturated carbocycles. The molecule has 0 bridgehead atoms. The third-order valence-electron chi connectivity index (χ3n) is 3.06. The van der Waals surface area contributed by atoms with Crippen molar-refractivity contribution in [2.24, 2.45) is 11.8 Å². The number of carbonyl (C=O) groups is 2. The molecule has 2 N–H and O–H groups in total. The summed E-state index contributed by atoms with van der Waals surface area (Å²) >= 11 is 0. The number of aliphatic hydroxyl groups excluding tert-OH is 1. The molecular weight excluding hydrogens is 212 g/mol. The van der Waals surface area contributed by atoms with Gasteiger partial charge >= 0.3 is 11.9 Å². The average Bonchev–Trinajstić information content (AvgIpc) is 2.50. The fourth-order valence-corrected chi connectivity index (χ4v) is 1.96. The highest BCUT2D eigenvalue weighted by Gasteiger charge is 2.47. The molecule has 5 nitrogen and oxygen atoms in total. The Bertz CT molecular complexity index is 276. The second kappa shape index (κ2) is 5.30. The van der Waals surface area contributed by atoms with Crippen LogP contribution < -0.4 is 0 Å². The Morgan fingerprint density at radius 3 is 2.69 bits per heavy atom. The third-order valence-corrected chi connectivity index (χ3v) is 3.06. The maximum Gasteiger partial charge on any atom is 0.312 e. The van der Waals surface area contributed by atoms with Gasteiger partial charge in [0.25, 0.3) is 0 Å². The normalized spacial score (nSPS) is 31.2. The molecule has 0 aliphatic carbocycles. The van der Waals surface area contributed by atoms with Crippen molar-refractivity contribution in [1.29, 1.82) is 0 Å². The van der Waals surface area contributed by atoms with Crippen molar-refractivity contribution < 1.29 is 24.5 Å². The van der Waals surface area contributed by atoms with Gasteiger partial charge in [-0.05, 0) is 12.8 Å². The Morgan fingerprint density at radius 1 is 1.56 bits per heavy atom. The lowest BCUT2D eigenvalue weighted by Gasteiger charge is -2.17. The van der Waals surface area contributed by atoms with Crippen LogP contribution in [0.5, 0.6) is 0 Å². The van der Waals surface area contributed by atoms with Crippen molar-refractivity contribution >= 4 is 11.9 Å². The molecule has 92 valence electrons. The number of ether oxygens (including phenoxy) is 1. The van der Waals surface area contributed by atoms with Gasteiger partial charge in [-0.2, -0.15) is 0 Å². The number of carbonyl (C=O) groups excluding carboxylic acids is 1. The van der Waals surface area contributed by atoms with E-state index >= 15 is 0 Å². The number of cyclic esters (lactones) is 1. The number of aliphatic carboxylic acids is 1.